The van der Waals surface area contributed by atoms with Crippen LogP contribution in [0.25, 0.3) is 0 Å². The van der Waals surface area contributed by atoms with Crippen LogP contribution in [0.5, 0.6) is 11.5 Å². The molecule has 0 fully saturated rings. The molecule has 1 aromatic heterocycles. The third-order valence-electron chi connectivity index (χ3n) is 3.18. The molecule has 1 atom stereocenters. The number of nitrogens with one attached hydrogen (secondary N) is 1. The summed E-state index contributed by atoms with van der Waals surface area (Å²) in [6.07, 6.45) is -0.878. The van der Waals surface area contributed by atoms with E-state index in [4.69, 9.17) is 13.9 Å². The van der Waals surface area contributed by atoms with Crippen molar-refractivity contribution in [1.29, 1.82) is 0 Å². The number of carbonyl (C=O) groups excluding carboxylic acids is 1. The van der Waals surface area contributed by atoms with Gasteiger partial charge in [-0.25, -0.2) is 0 Å². The molecule has 0 radical (unpaired) electrons. The lowest BCUT2D eigenvalue weighted by atomic mass is 10.2. The molecule has 1 amide bonds. The number of ether oxygens (including phenoxy) is 2. The Bertz CT molecular complexity index is 664. The second-order valence-corrected chi connectivity index (χ2v) is 4.74. The Morgan fingerprint density at radius 2 is 2.10 bits per heavy atom. The van der Waals surface area contributed by atoms with Gasteiger partial charge >= 0.3 is 0 Å². The van der Waals surface area contributed by atoms with Crippen LogP contribution < -0.4 is 14.8 Å². The summed E-state index contributed by atoms with van der Waals surface area (Å²) in [4.78, 5) is 12.0. The third kappa shape index (κ3) is 2.85. The molecule has 1 unspecified atom stereocenters. The molecule has 1 aliphatic rings. The molecule has 6 nitrogen and oxygen atoms in total. The van der Waals surface area contributed by atoms with E-state index in [1.807, 2.05) is 0 Å². The van der Waals surface area contributed by atoms with Crippen molar-refractivity contribution in [3.63, 3.8) is 0 Å². The quantitative estimate of drug-likeness (QED) is 0.896. The van der Waals surface area contributed by atoms with Gasteiger partial charge in [0.2, 0.25) is 6.79 Å². The third-order valence-corrected chi connectivity index (χ3v) is 3.18. The minimum Gasteiger partial charge on any atom is -0.464 e. The van der Waals surface area contributed by atoms with Gasteiger partial charge in [-0.2, -0.15) is 0 Å². The average molecular weight is 289 g/mol. The molecular weight excluding hydrogens is 274 g/mol. The number of rotatable bonds is 4. The van der Waals surface area contributed by atoms with E-state index in [0.717, 1.165) is 0 Å². The van der Waals surface area contributed by atoms with Crippen molar-refractivity contribution in [2.45, 2.75) is 13.0 Å². The molecule has 21 heavy (non-hydrogen) atoms. The van der Waals surface area contributed by atoms with Gasteiger partial charge in [-0.15, -0.1) is 0 Å². The van der Waals surface area contributed by atoms with Gasteiger partial charge in [-0.3, -0.25) is 4.79 Å². The topological polar surface area (TPSA) is 80.9 Å². The van der Waals surface area contributed by atoms with Gasteiger partial charge in [0.05, 0.1) is 6.54 Å². The molecular formula is C15H15NO5. The molecule has 3 rings (SSSR count). The number of aliphatic hydroxyl groups is 1. The van der Waals surface area contributed by atoms with E-state index in [9.17, 15) is 9.90 Å². The highest BCUT2D eigenvalue weighted by molar-refractivity contribution is 5.94. The minimum absolute atomic E-state index is 0.0697. The number of carbonyl (C=O) groups is 1. The van der Waals surface area contributed by atoms with E-state index < -0.39 is 6.10 Å². The predicted molar refractivity (Wildman–Crippen MR) is 73.3 cm³/mol. The van der Waals surface area contributed by atoms with Crippen LogP contribution in [-0.4, -0.2) is 24.4 Å². The number of aryl methyl sites for hydroxylation is 1. The summed E-state index contributed by atoms with van der Waals surface area (Å²) in [5, 5.41) is 12.6. The molecule has 2 aromatic rings. The smallest absolute Gasteiger partial charge is 0.251 e. The highest BCUT2D eigenvalue weighted by Crippen LogP contribution is 2.32. The normalized spacial score (nSPS) is 14.0. The molecule has 2 heterocycles. The van der Waals surface area contributed by atoms with Crippen molar-refractivity contribution < 1.29 is 23.8 Å². The Balaban J connectivity index is 1.61. The zero-order valence-corrected chi connectivity index (χ0v) is 11.5. The lowest BCUT2D eigenvalue weighted by Gasteiger charge is -2.10. The molecule has 110 valence electrons. The second-order valence-electron chi connectivity index (χ2n) is 4.74. The van der Waals surface area contributed by atoms with Crippen LogP contribution in [0.2, 0.25) is 0 Å². The van der Waals surface area contributed by atoms with Crippen molar-refractivity contribution in [1.82, 2.24) is 5.32 Å². The Morgan fingerprint density at radius 3 is 2.86 bits per heavy atom. The van der Waals surface area contributed by atoms with Crippen molar-refractivity contribution >= 4 is 5.91 Å². The second kappa shape index (κ2) is 5.49. The standard InChI is InChI=1S/C15H15NO5/c1-9-2-4-12(21-9)11(17)7-16-15(18)10-3-5-13-14(6-10)20-8-19-13/h2-6,11,17H,7-8H2,1H3,(H,16,18). The molecule has 1 aliphatic heterocycles. The molecule has 0 saturated carbocycles. The van der Waals surface area contributed by atoms with Gasteiger partial charge in [-0.05, 0) is 37.3 Å². The van der Waals surface area contributed by atoms with Crippen molar-refractivity contribution in [3.8, 4) is 11.5 Å². The fourth-order valence-electron chi connectivity index (χ4n) is 2.06. The summed E-state index contributed by atoms with van der Waals surface area (Å²) in [5.41, 5.74) is 0.446. The summed E-state index contributed by atoms with van der Waals surface area (Å²) in [5.74, 6) is 2.02. The average Bonchev–Trinajstić information content (AvgIpc) is 3.12. The number of amides is 1. The summed E-state index contributed by atoms with van der Waals surface area (Å²) in [6, 6.07) is 8.39. The van der Waals surface area contributed by atoms with E-state index in [0.29, 0.717) is 28.6 Å². The van der Waals surface area contributed by atoms with Gasteiger partial charge in [0.1, 0.15) is 17.6 Å². The number of fused-ring (bicyclic) bond motifs is 1. The fourth-order valence-corrected chi connectivity index (χ4v) is 2.06. The molecule has 2 N–H and O–H groups in total. The Kier molecular flexibility index (Phi) is 3.53. The van der Waals surface area contributed by atoms with Crippen LogP contribution in [-0.2, 0) is 0 Å². The molecule has 0 saturated heterocycles. The maximum atomic E-state index is 12.0. The maximum Gasteiger partial charge on any atom is 0.251 e. The Morgan fingerprint density at radius 1 is 1.29 bits per heavy atom. The minimum atomic E-state index is -0.878. The first-order valence-electron chi connectivity index (χ1n) is 6.56. The van der Waals surface area contributed by atoms with E-state index in [2.05, 4.69) is 5.32 Å². The van der Waals surface area contributed by atoms with Crippen LogP contribution in [0.1, 0.15) is 28.0 Å². The summed E-state index contributed by atoms with van der Waals surface area (Å²) >= 11 is 0. The SMILES string of the molecule is Cc1ccc(C(O)CNC(=O)c2ccc3c(c2)OCO3)o1. The zero-order valence-electron chi connectivity index (χ0n) is 11.5. The van der Waals surface area contributed by atoms with Gasteiger partial charge in [-0.1, -0.05) is 0 Å². The van der Waals surface area contributed by atoms with Gasteiger partial charge in [0.15, 0.2) is 11.5 Å². The van der Waals surface area contributed by atoms with Gasteiger partial charge in [0, 0.05) is 5.56 Å². The predicted octanol–water partition coefficient (Wildman–Crippen LogP) is 1.78. The largest absolute Gasteiger partial charge is 0.464 e. The highest BCUT2D eigenvalue weighted by atomic mass is 16.7. The molecule has 6 heteroatoms. The number of aliphatic hydroxyl groups excluding tert-OH is 1. The van der Waals surface area contributed by atoms with Crippen molar-refractivity contribution in [2.75, 3.05) is 13.3 Å². The number of hydrogen-bond acceptors (Lipinski definition) is 5. The molecule has 0 bridgehead atoms. The van der Waals surface area contributed by atoms with Crippen LogP contribution in [0.15, 0.2) is 34.7 Å². The number of benzene rings is 1. The van der Waals surface area contributed by atoms with E-state index in [1.165, 1.54) is 0 Å². The van der Waals surface area contributed by atoms with Crippen LogP contribution in [0.3, 0.4) is 0 Å². The number of furan rings is 1. The molecule has 0 aliphatic carbocycles. The van der Waals surface area contributed by atoms with Crippen molar-refractivity contribution in [2.24, 2.45) is 0 Å². The fraction of sp³-hybridized carbons (Fsp3) is 0.267. The summed E-state index contributed by atoms with van der Waals surface area (Å²) < 4.78 is 15.7. The Labute approximate surface area is 121 Å². The zero-order chi connectivity index (χ0) is 14.8. The van der Waals surface area contributed by atoms with Gasteiger partial charge < -0.3 is 24.3 Å². The van der Waals surface area contributed by atoms with Gasteiger partial charge in [0.25, 0.3) is 5.91 Å². The number of hydrogen-bond donors (Lipinski definition) is 2. The lowest BCUT2D eigenvalue weighted by Crippen LogP contribution is -2.28. The van der Waals surface area contributed by atoms with Crippen LogP contribution in [0.4, 0.5) is 0 Å². The maximum absolute atomic E-state index is 12.0. The summed E-state index contributed by atoms with van der Waals surface area (Å²) in [7, 11) is 0. The first-order valence-corrected chi connectivity index (χ1v) is 6.56. The van der Waals surface area contributed by atoms with Crippen molar-refractivity contribution in [3.05, 3.63) is 47.4 Å². The van der Waals surface area contributed by atoms with Crippen LogP contribution in [0, 0.1) is 6.92 Å². The van der Waals surface area contributed by atoms with E-state index >= 15 is 0 Å². The first kappa shape index (κ1) is 13.5. The highest BCUT2D eigenvalue weighted by Gasteiger charge is 2.17. The Hall–Kier alpha value is -2.47. The molecule has 0 spiro atoms. The summed E-state index contributed by atoms with van der Waals surface area (Å²) in [6.45, 7) is 2.03. The monoisotopic (exact) mass is 289 g/mol. The first-order chi connectivity index (χ1) is 10.1. The van der Waals surface area contributed by atoms with E-state index in [-0.39, 0.29) is 19.2 Å². The van der Waals surface area contributed by atoms with Crippen LogP contribution >= 0.6 is 0 Å². The van der Waals surface area contributed by atoms with E-state index in [1.54, 1.807) is 37.3 Å². The lowest BCUT2D eigenvalue weighted by molar-refractivity contribution is 0.0900. The molecule has 1 aromatic carbocycles.